The summed E-state index contributed by atoms with van der Waals surface area (Å²) in [5.74, 6) is -0.387. The molecule has 3 unspecified atom stereocenters. The van der Waals surface area contributed by atoms with Crippen LogP contribution in [0.25, 0.3) is 0 Å². The number of carboxylic acids is 1. The second-order valence-electron chi connectivity index (χ2n) is 4.70. The van der Waals surface area contributed by atoms with Gasteiger partial charge in [-0.1, -0.05) is 0 Å². The van der Waals surface area contributed by atoms with Crippen molar-refractivity contribution in [2.24, 2.45) is 5.92 Å². The Bertz CT molecular complexity index is 244. The van der Waals surface area contributed by atoms with Crippen molar-refractivity contribution in [2.45, 2.75) is 31.3 Å². The van der Waals surface area contributed by atoms with Crippen LogP contribution in [0, 0.1) is 5.92 Å². The van der Waals surface area contributed by atoms with Crippen LogP contribution in [-0.2, 0) is 4.79 Å². The van der Waals surface area contributed by atoms with Crippen LogP contribution in [0.1, 0.15) is 25.7 Å². The van der Waals surface area contributed by atoms with Gasteiger partial charge in [0, 0.05) is 13.1 Å². The van der Waals surface area contributed by atoms with Crippen molar-refractivity contribution in [1.82, 2.24) is 4.90 Å². The van der Waals surface area contributed by atoms with Crippen LogP contribution in [-0.4, -0.2) is 46.3 Å². The monoisotopic (exact) mass is 199 g/mol. The fourth-order valence-corrected chi connectivity index (χ4v) is 2.73. The van der Waals surface area contributed by atoms with Crippen LogP contribution in [0.3, 0.4) is 0 Å². The van der Waals surface area contributed by atoms with E-state index < -0.39 is 11.6 Å². The van der Waals surface area contributed by atoms with E-state index in [1.165, 1.54) is 0 Å². The highest BCUT2D eigenvalue weighted by Crippen LogP contribution is 2.34. The third-order valence-corrected chi connectivity index (χ3v) is 3.41. The molecule has 0 amide bonds. The maximum Gasteiger partial charge on any atom is 0.306 e. The predicted octanol–water partition coefficient (Wildman–Crippen LogP) is 0.308. The first-order valence-corrected chi connectivity index (χ1v) is 5.24. The number of aliphatic hydroxyl groups is 1. The van der Waals surface area contributed by atoms with E-state index in [9.17, 15) is 9.90 Å². The van der Waals surface area contributed by atoms with E-state index in [0.717, 1.165) is 26.1 Å². The molecule has 0 aromatic rings. The molecule has 80 valence electrons. The van der Waals surface area contributed by atoms with E-state index >= 15 is 0 Å². The Morgan fingerprint density at radius 1 is 1.50 bits per heavy atom. The van der Waals surface area contributed by atoms with Gasteiger partial charge in [-0.25, -0.2) is 0 Å². The van der Waals surface area contributed by atoms with E-state index in [-0.39, 0.29) is 6.42 Å². The predicted molar refractivity (Wildman–Crippen MR) is 51.0 cm³/mol. The fraction of sp³-hybridized carbons (Fsp3) is 0.900. The lowest BCUT2D eigenvalue weighted by Crippen LogP contribution is -2.35. The topological polar surface area (TPSA) is 60.8 Å². The van der Waals surface area contributed by atoms with Gasteiger partial charge in [0.1, 0.15) is 0 Å². The van der Waals surface area contributed by atoms with Gasteiger partial charge < -0.3 is 15.1 Å². The molecule has 0 aromatic heterocycles. The zero-order valence-electron chi connectivity index (χ0n) is 8.28. The molecule has 4 heteroatoms. The highest BCUT2D eigenvalue weighted by Gasteiger charge is 2.39. The second-order valence-corrected chi connectivity index (χ2v) is 4.70. The minimum atomic E-state index is -0.953. The highest BCUT2D eigenvalue weighted by molar-refractivity contribution is 5.68. The summed E-state index contributed by atoms with van der Waals surface area (Å²) in [4.78, 5) is 12.9. The largest absolute Gasteiger partial charge is 0.481 e. The molecule has 2 aliphatic heterocycles. The van der Waals surface area contributed by atoms with Crippen molar-refractivity contribution in [1.29, 1.82) is 0 Å². The summed E-state index contributed by atoms with van der Waals surface area (Å²) >= 11 is 0. The molecule has 0 saturated carbocycles. The van der Waals surface area contributed by atoms with E-state index in [2.05, 4.69) is 4.90 Å². The Morgan fingerprint density at radius 2 is 2.29 bits per heavy atom. The molecular formula is C10H17NO3. The standard InChI is InChI=1S/C10H17NO3/c12-9(13)6-10(14)2-4-11-3-1-8(5-10)7-11/h8,14H,1-7H2,(H,12,13). The molecule has 2 fully saturated rings. The van der Waals surface area contributed by atoms with Gasteiger partial charge in [0.2, 0.25) is 0 Å². The highest BCUT2D eigenvalue weighted by atomic mass is 16.4. The fourth-order valence-electron chi connectivity index (χ4n) is 2.73. The van der Waals surface area contributed by atoms with E-state index in [1.807, 2.05) is 0 Å². The van der Waals surface area contributed by atoms with Crippen LogP contribution in [0.15, 0.2) is 0 Å². The van der Waals surface area contributed by atoms with Gasteiger partial charge in [0.15, 0.2) is 0 Å². The van der Waals surface area contributed by atoms with E-state index in [4.69, 9.17) is 5.11 Å². The van der Waals surface area contributed by atoms with Gasteiger partial charge in [-0.15, -0.1) is 0 Å². The molecule has 2 aliphatic rings. The summed E-state index contributed by atoms with van der Waals surface area (Å²) in [5, 5.41) is 18.9. The number of aliphatic carboxylic acids is 1. The van der Waals surface area contributed by atoms with Gasteiger partial charge in [0.25, 0.3) is 0 Å². The summed E-state index contributed by atoms with van der Waals surface area (Å²) in [6, 6.07) is 0. The quantitative estimate of drug-likeness (QED) is 0.672. The normalized spacial score (nSPS) is 42.1. The molecule has 2 saturated heterocycles. The number of rotatable bonds is 2. The summed E-state index contributed by atoms with van der Waals surface area (Å²) in [5.41, 5.74) is -0.953. The molecule has 0 spiro atoms. The first-order valence-electron chi connectivity index (χ1n) is 5.24. The minimum Gasteiger partial charge on any atom is -0.481 e. The molecule has 0 aliphatic carbocycles. The molecule has 2 N–H and O–H groups in total. The number of carboxylic acid groups (broad SMARTS) is 1. The van der Waals surface area contributed by atoms with Gasteiger partial charge in [0.05, 0.1) is 12.0 Å². The SMILES string of the molecule is O=C(O)CC1(O)CCN2CCC(C2)C1. The average Bonchev–Trinajstić information content (AvgIpc) is 2.39. The molecule has 0 radical (unpaired) electrons. The molecular weight excluding hydrogens is 182 g/mol. The molecule has 0 aromatic carbocycles. The van der Waals surface area contributed by atoms with Crippen molar-refractivity contribution in [2.75, 3.05) is 19.6 Å². The third kappa shape index (κ3) is 2.07. The van der Waals surface area contributed by atoms with Crippen molar-refractivity contribution in [3.05, 3.63) is 0 Å². The molecule has 2 bridgehead atoms. The number of nitrogens with zero attached hydrogens (tertiary/aromatic N) is 1. The smallest absolute Gasteiger partial charge is 0.306 e. The second kappa shape index (κ2) is 3.51. The van der Waals surface area contributed by atoms with Crippen molar-refractivity contribution >= 4 is 5.97 Å². The van der Waals surface area contributed by atoms with Crippen LogP contribution in [0.4, 0.5) is 0 Å². The van der Waals surface area contributed by atoms with Gasteiger partial charge in [-0.3, -0.25) is 4.79 Å². The lowest BCUT2D eigenvalue weighted by Gasteiger charge is -2.28. The maximum atomic E-state index is 10.6. The molecule has 14 heavy (non-hydrogen) atoms. The van der Waals surface area contributed by atoms with Crippen LogP contribution >= 0.6 is 0 Å². The van der Waals surface area contributed by atoms with Gasteiger partial charge >= 0.3 is 5.97 Å². The van der Waals surface area contributed by atoms with Gasteiger partial charge in [-0.05, 0) is 31.7 Å². The maximum absolute atomic E-state index is 10.6. The Kier molecular flexibility index (Phi) is 2.49. The number of hydrogen-bond acceptors (Lipinski definition) is 3. The van der Waals surface area contributed by atoms with Crippen LogP contribution in [0.2, 0.25) is 0 Å². The molecule has 4 nitrogen and oxygen atoms in total. The summed E-state index contributed by atoms with van der Waals surface area (Å²) in [6.07, 6.45) is 2.28. The van der Waals surface area contributed by atoms with Crippen molar-refractivity contribution in [3.63, 3.8) is 0 Å². The minimum absolute atomic E-state index is 0.0999. The molecule has 3 atom stereocenters. The molecule has 2 rings (SSSR count). The van der Waals surface area contributed by atoms with Crippen molar-refractivity contribution in [3.8, 4) is 0 Å². The summed E-state index contributed by atoms with van der Waals surface area (Å²) in [6.45, 7) is 3.01. The first kappa shape index (κ1) is 9.93. The van der Waals surface area contributed by atoms with Crippen LogP contribution < -0.4 is 0 Å². The lowest BCUT2D eigenvalue weighted by atomic mass is 9.85. The Balaban J connectivity index is 2.02. The van der Waals surface area contributed by atoms with Crippen molar-refractivity contribution < 1.29 is 15.0 Å². The number of carbonyl (C=O) groups is 1. The first-order chi connectivity index (χ1) is 6.57. The summed E-state index contributed by atoms with van der Waals surface area (Å²) < 4.78 is 0. The third-order valence-electron chi connectivity index (χ3n) is 3.41. The number of hydrogen-bond donors (Lipinski definition) is 2. The summed E-state index contributed by atoms with van der Waals surface area (Å²) in [7, 11) is 0. The zero-order valence-corrected chi connectivity index (χ0v) is 8.28. The lowest BCUT2D eigenvalue weighted by molar-refractivity contribution is -0.143. The number of fused-ring (bicyclic) bond motifs is 2. The average molecular weight is 199 g/mol. The van der Waals surface area contributed by atoms with Crippen LogP contribution in [0.5, 0.6) is 0 Å². The zero-order chi connectivity index (χ0) is 10.2. The van der Waals surface area contributed by atoms with E-state index in [0.29, 0.717) is 18.8 Å². The Morgan fingerprint density at radius 3 is 3.00 bits per heavy atom. The Hall–Kier alpha value is -0.610. The molecule has 2 heterocycles. The van der Waals surface area contributed by atoms with Gasteiger partial charge in [-0.2, -0.15) is 0 Å². The Labute approximate surface area is 83.5 Å². The van der Waals surface area contributed by atoms with E-state index in [1.54, 1.807) is 0 Å².